The molecule has 1 N–H and O–H groups in total. The summed E-state index contributed by atoms with van der Waals surface area (Å²) < 4.78 is 5.15. The van der Waals surface area contributed by atoms with Crippen molar-refractivity contribution in [2.45, 2.75) is 0 Å². The average molecular weight is 261 g/mol. The smallest absolute Gasteiger partial charge is 0.158 e. The molecule has 0 saturated heterocycles. The lowest BCUT2D eigenvalue weighted by molar-refractivity contribution is 0.415. The third kappa shape index (κ3) is 1.78. The van der Waals surface area contributed by atoms with E-state index in [2.05, 4.69) is 19.9 Å². The van der Waals surface area contributed by atoms with Gasteiger partial charge in [-0.2, -0.15) is 0 Å². The van der Waals surface area contributed by atoms with Gasteiger partial charge in [0.1, 0.15) is 11.4 Å². The predicted molar refractivity (Wildman–Crippen MR) is 68.7 cm³/mol. The Morgan fingerprint density at radius 1 is 1.28 bits per heavy atom. The molecule has 1 aromatic carbocycles. The molecule has 0 radical (unpaired) electrons. The van der Waals surface area contributed by atoms with Crippen molar-refractivity contribution in [3.63, 3.8) is 0 Å². The number of hydrogen-bond acceptors (Lipinski definition) is 4. The SMILES string of the molecule is COc1cc2nc(-c3cnccn3)[nH]c2cc1Cl. The van der Waals surface area contributed by atoms with E-state index in [9.17, 15) is 0 Å². The fourth-order valence-electron chi connectivity index (χ4n) is 1.71. The van der Waals surface area contributed by atoms with Gasteiger partial charge in [-0.3, -0.25) is 4.98 Å². The summed E-state index contributed by atoms with van der Waals surface area (Å²) in [5.41, 5.74) is 2.29. The Kier molecular flexibility index (Phi) is 2.60. The predicted octanol–water partition coefficient (Wildman–Crippen LogP) is 2.68. The number of aromatic nitrogens is 4. The Balaban J connectivity index is 2.17. The van der Waals surface area contributed by atoms with Crippen molar-refractivity contribution >= 4 is 22.6 Å². The van der Waals surface area contributed by atoms with E-state index in [1.807, 2.05) is 0 Å². The zero-order valence-electron chi connectivity index (χ0n) is 9.51. The first kappa shape index (κ1) is 11.0. The van der Waals surface area contributed by atoms with E-state index >= 15 is 0 Å². The first-order chi connectivity index (χ1) is 8.78. The minimum atomic E-state index is 0.541. The third-order valence-corrected chi connectivity index (χ3v) is 2.86. The van der Waals surface area contributed by atoms with E-state index in [1.165, 1.54) is 0 Å². The number of nitrogens with one attached hydrogen (secondary N) is 1. The molecule has 0 aliphatic carbocycles. The molecule has 18 heavy (non-hydrogen) atoms. The van der Waals surface area contributed by atoms with Crippen molar-refractivity contribution in [3.8, 4) is 17.3 Å². The van der Waals surface area contributed by atoms with Gasteiger partial charge in [-0.25, -0.2) is 9.97 Å². The highest BCUT2D eigenvalue weighted by Crippen LogP contribution is 2.29. The van der Waals surface area contributed by atoms with Crippen LogP contribution in [-0.2, 0) is 0 Å². The summed E-state index contributed by atoms with van der Waals surface area (Å²) in [5.74, 6) is 1.25. The first-order valence-corrected chi connectivity index (χ1v) is 5.65. The van der Waals surface area contributed by atoms with Crippen LogP contribution < -0.4 is 4.74 Å². The Labute approximate surface area is 108 Å². The maximum atomic E-state index is 6.06. The molecule has 2 heterocycles. The zero-order valence-corrected chi connectivity index (χ0v) is 10.3. The van der Waals surface area contributed by atoms with Crippen molar-refractivity contribution in [1.82, 2.24) is 19.9 Å². The van der Waals surface area contributed by atoms with Crippen LogP contribution in [0.2, 0.25) is 5.02 Å². The minimum absolute atomic E-state index is 0.541. The van der Waals surface area contributed by atoms with E-state index in [0.29, 0.717) is 22.3 Å². The van der Waals surface area contributed by atoms with E-state index in [4.69, 9.17) is 16.3 Å². The lowest BCUT2D eigenvalue weighted by atomic mass is 10.3. The molecule has 5 nitrogen and oxygen atoms in total. The fourth-order valence-corrected chi connectivity index (χ4v) is 1.95. The summed E-state index contributed by atoms with van der Waals surface area (Å²) in [6.07, 6.45) is 4.89. The van der Waals surface area contributed by atoms with Crippen LogP contribution in [0.4, 0.5) is 0 Å². The molecule has 6 heteroatoms. The molecular formula is C12H9ClN4O. The van der Waals surface area contributed by atoms with Crippen LogP contribution in [0.3, 0.4) is 0 Å². The van der Waals surface area contributed by atoms with E-state index in [1.54, 1.807) is 37.8 Å². The molecule has 0 spiro atoms. The number of aromatic amines is 1. The van der Waals surface area contributed by atoms with Gasteiger partial charge in [0, 0.05) is 18.5 Å². The normalized spacial score (nSPS) is 10.8. The van der Waals surface area contributed by atoms with Crippen molar-refractivity contribution in [3.05, 3.63) is 35.7 Å². The second kappa shape index (κ2) is 4.27. The maximum absolute atomic E-state index is 6.06. The highest BCUT2D eigenvalue weighted by Gasteiger charge is 2.10. The van der Waals surface area contributed by atoms with Gasteiger partial charge in [0.05, 0.1) is 29.4 Å². The van der Waals surface area contributed by atoms with Gasteiger partial charge >= 0.3 is 0 Å². The topological polar surface area (TPSA) is 63.7 Å². The number of imidazole rings is 1. The largest absolute Gasteiger partial charge is 0.495 e. The minimum Gasteiger partial charge on any atom is -0.495 e. The Bertz CT molecular complexity index is 696. The van der Waals surface area contributed by atoms with Gasteiger partial charge in [-0.15, -0.1) is 0 Å². The number of nitrogens with zero attached hydrogens (tertiary/aromatic N) is 3. The highest BCUT2D eigenvalue weighted by atomic mass is 35.5. The molecule has 0 fully saturated rings. The van der Waals surface area contributed by atoms with E-state index in [-0.39, 0.29) is 0 Å². The zero-order chi connectivity index (χ0) is 12.5. The van der Waals surface area contributed by atoms with Crippen LogP contribution in [0.25, 0.3) is 22.6 Å². The monoisotopic (exact) mass is 260 g/mol. The Morgan fingerprint density at radius 3 is 2.89 bits per heavy atom. The number of benzene rings is 1. The van der Waals surface area contributed by atoms with E-state index in [0.717, 1.165) is 11.0 Å². The van der Waals surface area contributed by atoms with Gasteiger partial charge in [-0.05, 0) is 6.07 Å². The summed E-state index contributed by atoms with van der Waals surface area (Å²) in [6.45, 7) is 0. The van der Waals surface area contributed by atoms with E-state index < -0.39 is 0 Å². The van der Waals surface area contributed by atoms with Crippen molar-refractivity contribution < 1.29 is 4.74 Å². The molecule has 0 saturated carbocycles. The third-order valence-electron chi connectivity index (χ3n) is 2.56. The number of methoxy groups -OCH3 is 1. The lowest BCUT2D eigenvalue weighted by Crippen LogP contribution is -1.85. The number of ether oxygens (including phenoxy) is 1. The Morgan fingerprint density at radius 2 is 2.17 bits per heavy atom. The molecular weight excluding hydrogens is 252 g/mol. The molecule has 2 aromatic heterocycles. The van der Waals surface area contributed by atoms with Gasteiger partial charge < -0.3 is 9.72 Å². The molecule has 0 aliphatic heterocycles. The molecule has 0 atom stereocenters. The van der Waals surface area contributed by atoms with Gasteiger partial charge in [-0.1, -0.05) is 11.6 Å². The summed E-state index contributed by atoms with van der Waals surface area (Å²) >= 11 is 6.06. The highest BCUT2D eigenvalue weighted by molar-refractivity contribution is 6.32. The summed E-state index contributed by atoms with van der Waals surface area (Å²) in [7, 11) is 1.57. The first-order valence-electron chi connectivity index (χ1n) is 5.27. The summed E-state index contributed by atoms with van der Waals surface area (Å²) in [5, 5.41) is 0.541. The van der Waals surface area contributed by atoms with Crippen molar-refractivity contribution in [1.29, 1.82) is 0 Å². The van der Waals surface area contributed by atoms with Crippen LogP contribution >= 0.6 is 11.6 Å². The quantitative estimate of drug-likeness (QED) is 0.769. The average Bonchev–Trinajstić information content (AvgIpc) is 2.81. The number of halogens is 1. The molecule has 0 amide bonds. The van der Waals surface area contributed by atoms with Gasteiger partial charge in [0.15, 0.2) is 5.82 Å². The van der Waals surface area contributed by atoms with Crippen LogP contribution in [0.1, 0.15) is 0 Å². The maximum Gasteiger partial charge on any atom is 0.158 e. The molecule has 3 aromatic rings. The second-order valence-corrected chi connectivity index (χ2v) is 4.09. The second-order valence-electron chi connectivity index (χ2n) is 3.68. The Hall–Kier alpha value is -2.14. The summed E-state index contributed by atoms with van der Waals surface area (Å²) in [6, 6.07) is 3.57. The fraction of sp³-hybridized carbons (Fsp3) is 0.0833. The van der Waals surface area contributed by atoms with Crippen LogP contribution in [0.15, 0.2) is 30.7 Å². The number of H-pyrrole nitrogens is 1. The van der Waals surface area contributed by atoms with Crippen molar-refractivity contribution in [2.24, 2.45) is 0 Å². The molecule has 90 valence electrons. The standard InChI is InChI=1S/C12H9ClN4O/c1-18-11-5-9-8(4-7(11)13)16-12(17-9)10-6-14-2-3-15-10/h2-6H,1H3,(H,16,17). The number of hydrogen-bond donors (Lipinski definition) is 1. The van der Waals surface area contributed by atoms with Gasteiger partial charge in [0.2, 0.25) is 0 Å². The lowest BCUT2D eigenvalue weighted by Gasteiger charge is -2.00. The van der Waals surface area contributed by atoms with Crippen molar-refractivity contribution in [2.75, 3.05) is 7.11 Å². The van der Waals surface area contributed by atoms with Crippen LogP contribution in [-0.4, -0.2) is 27.0 Å². The molecule has 3 rings (SSSR count). The van der Waals surface area contributed by atoms with Crippen LogP contribution in [0.5, 0.6) is 5.75 Å². The molecule has 0 bridgehead atoms. The summed E-state index contributed by atoms with van der Waals surface area (Å²) in [4.78, 5) is 15.8. The van der Waals surface area contributed by atoms with Gasteiger partial charge in [0.25, 0.3) is 0 Å². The molecule has 0 aliphatic rings. The van der Waals surface area contributed by atoms with Crippen LogP contribution in [0, 0.1) is 0 Å². The molecule has 0 unspecified atom stereocenters. The number of rotatable bonds is 2. The number of fused-ring (bicyclic) bond motifs is 1.